The van der Waals surface area contributed by atoms with Gasteiger partial charge in [-0.2, -0.15) is 0 Å². The van der Waals surface area contributed by atoms with Crippen LogP contribution in [0.4, 0.5) is 5.13 Å². The Morgan fingerprint density at radius 3 is 2.90 bits per heavy atom. The fraction of sp³-hybridized carbons (Fsp3) is 0.364. The summed E-state index contributed by atoms with van der Waals surface area (Å²) in [5.74, 6) is 0.589. The molecule has 5 nitrogen and oxygen atoms in total. The minimum atomic E-state index is 0.0235. The quantitative estimate of drug-likeness (QED) is 0.385. The Balaban J connectivity index is 1.40. The molecule has 1 aliphatic rings. The van der Waals surface area contributed by atoms with Crippen LogP contribution in [0.2, 0.25) is 10.0 Å². The van der Waals surface area contributed by atoms with Gasteiger partial charge in [0.2, 0.25) is 5.91 Å². The number of rotatable bonds is 8. The number of ether oxygens (including phenoxy) is 2. The van der Waals surface area contributed by atoms with Crippen LogP contribution in [0, 0.1) is 0 Å². The number of hydrogen-bond donors (Lipinski definition) is 0. The molecule has 1 fully saturated rings. The first-order chi connectivity index (χ1) is 14.6. The molecule has 0 N–H and O–H groups in total. The third kappa shape index (κ3) is 5.24. The van der Waals surface area contributed by atoms with Crippen molar-refractivity contribution >= 4 is 55.8 Å². The van der Waals surface area contributed by atoms with Crippen molar-refractivity contribution in [2.24, 2.45) is 0 Å². The van der Waals surface area contributed by atoms with Gasteiger partial charge in [-0.15, -0.1) is 0 Å². The molecule has 0 spiro atoms. The summed E-state index contributed by atoms with van der Waals surface area (Å²) < 4.78 is 12.5. The molecule has 1 unspecified atom stereocenters. The molecule has 2 heterocycles. The Hall–Kier alpha value is -1.86. The van der Waals surface area contributed by atoms with Gasteiger partial charge in [-0.1, -0.05) is 46.7 Å². The lowest BCUT2D eigenvalue weighted by Gasteiger charge is -2.23. The number of fused-ring (bicyclic) bond motifs is 1. The van der Waals surface area contributed by atoms with Crippen LogP contribution >= 0.6 is 34.5 Å². The number of aromatic nitrogens is 1. The van der Waals surface area contributed by atoms with Crippen molar-refractivity contribution in [3.8, 4) is 5.75 Å². The monoisotopic (exact) mass is 464 g/mol. The van der Waals surface area contributed by atoms with Crippen molar-refractivity contribution in [1.29, 1.82) is 0 Å². The maximum Gasteiger partial charge on any atom is 0.228 e. The number of benzene rings is 2. The molecule has 0 aliphatic carbocycles. The Labute approximate surface area is 189 Å². The number of amides is 1. The van der Waals surface area contributed by atoms with Crippen LogP contribution in [-0.2, 0) is 9.53 Å². The number of thiazole rings is 1. The number of hydrogen-bond acceptors (Lipinski definition) is 5. The van der Waals surface area contributed by atoms with Gasteiger partial charge in [0, 0.05) is 18.1 Å². The first-order valence-corrected chi connectivity index (χ1v) is 11.5. The summed E-state index contributed by atoms with van der Waals surface area (Å²) in [6, 6.07) is 13.0. The first kappa shape index (κ1) is 21.4. The average molecular weight is 465 g/mol. The zero-order valence-electron chi connectivity index (χ0n) is 16.4. The molecule has 1 amide bonds. The Bertz CT molecular complexity index is 988. The van der Waals surface area contributed by atoms with Crippen LogP contribution < -0.4 is 9.64 Å². The van der Waals surface area contributed by atoms with Crippen LogP contribution in [0.5, 0.6) is 5.75 Å². The molecule has 8 heteroatoms. The molecule has 30 heavy (non-hydrogen) atoms. The van der Waals surface area contributed by atoms with Gasteiger partial charge >= 0.3 is 0 Å². The third-order valence-corrected chi connectivity index (χ3v) is 6.50. The van der Waals surface area contributed by atoms with Crippen LogP contribution in [0.25, 0.3) is 10.2 Å². The second-order valence-corrected chi connectivity index (χ2v) is 8.98. The first-order valence-electron chi connectivity index (χ1n) is 9.95. The number of carbonyl (C=O) groups excluding carboxylic acids is 1. The van der Waals surface area contributed by atoms with Crippen LogP contribution in [0.15, 0.2) is 42.5 Å². The second-order valence-electron chi connectivity index (χ2n) is 7.13. The molecular weight excluding hydrogens is 443 g/mol. The van der Waals surface area contributed by atoms with Crippen LogP contribution in [0.1, 0.15) is 25.7 Å². The summed E-state index contributed by atoms with van der Waals surface area (Å²) in [6.45, 7) is 1.67. The van der Waals surface area contributed by atoms with Crippen molar-refractivity contribution in [2.45, 2.75) is 31.8 Å². The van der Waals surface area contributed by atoms with E-state index in [0.717, 1.165) is 34.8 Å². The predicted octanol–water partition coefficient (Wildman–Crippen LogP) is 5.97. The van der Waals surface area contributed by atoms with E-state index in [-0.39, 0.29) is 12.0 Å². The third-order valence-electron chi connectivity index (χ3n) is 4.91. The second kappa shape index (κ2) is 9.96. The summed E-state index contributed by atoms with van der Waals surface area (Å²) >= 11 is 13.6. The lowest BCUT2D eigenvalue weighted by molar-refractivity contribution is -0.119. The SMILES string of the molecule is O=C(CCCOc1ccc(Cl)cc1Cl)N(CC1CCCO1)c1nc2ccccc2s1. The normalized spacial score (nSPS) is 16.1. The lowest BCUT2D eigenvalue weighted by atomic mass is 10.2. The van der Waals surface area contributed by atoms with E-state index in [9.17, 15) is 4.79 Å². The van der Waals surface area contributed by atoms with Gasteiger partial charge in [-0.3, -0.25) is 9.69 Å². The summed E-state index contributed by atoms with van der Waals surface area (Å²) in [5.41, 5.74) is 0.906. The Morgan fingerprint density at radius 1 is 1.27 bits per heavy atom. The number of carbonyl (C=O) groups is 1. The molecular formula is C22H22Cl2N2O3S. The van der Waals surface area contributed by atoms with E-state index in [1.54, 1.807) is 23.1 Å². The molecule has 0 saturated carbocycles. The van der Waals surface area contributed by atoms with Gasteiger partial charge in [-0.25, -0.2) is 4.98 Å². The molecule has 1 saturated heterocycles. The van der Waals surface area contributed by atoms with Crippen molar-refractivity contribution in [3.63, 3.8) is 0 Å². The van der Waals surface area contributed by atoms with E-state index in [2.05, 4.69) is 4.98 Å². The highest BCUT2D eigenvalue weighted by atomic mass is 35.5. The maximum absolute atomic E-state index is 13.1. The largest absolute Gasteiger partial charge is 0.492 e. The molecule has 0 radical (unpaired) electrons. The minimum absolute atomic E-state index is 0.0235. The maximum atomic E-state index is 13.1. The summed E-state index contributed by atoms with van der Waals surface area (Å²) in [7, 11) is 0. The van der Waals surface area contributed by atoms with Gasteiger partial charge in [0.1, 0.15) is 5.75 Å². The fourth-order valence-electron chi connectivity index (χ4n) is 3.39. The molecule has 0 bridgehead atoms. The number of nitrogens with zero attached hydrogens (tertiary/aromatic N) is 2. The van der Waals surface area contributed by atoms with E-state index in [1.807, 2.05) is 24.3 Å². The van der Waals surface area contributed by atoms with E-state index in [0.29, 0.717) is 41.8 Å². The molecule has 1 atom stereocenters. The summed E-state index contributed by atoms with van der Waals surface area (Å²) in [4.78, 5) is 19.5. The molecule has 1 aliphatic heterocycles. The molecule has 4 rings (SSSR count). The van der Waals surface area contributed by atoms with Gasteiger partial charge in [-0.05, 0) is 49.6 Å². The van der Waals surface area contributed by atoms with Gasteiger partial charge in [0.15, 0.2) is 5.13 Å². The van der Waals surface area contributed by atoms with Gasteiger partial charge in [0.05, 0.1) is 34.5 Å². The molecule has 158 valence electrons. The molecule has 3 aromatic rings. The highest BCUT2D eigenvalue weighted by Crippen LogP contribution is 2.31. The molecule has 1 aromatic heterocycles. The van der Waals surface area contributed by atoms with Crippen molar-refractivity contribution in [3.05, 3.63) is 52.5 Å². The number of anilines is 1. The highest BCUT2D eigenvalue weighted by molar-refractivity contribution is 7.22. The van der Waals surface area contributed by atoms with Crippen molar-refractivity contribution < 1.29 is 14.3 Å². The molecule has 2 aromatic carbocycles. The topological polar surface area (TPSA) is 51.7 Å². The highest BCUT2D eigenvalue weighted by Gasteiger charge is 2.25. The number of halogens is 2. The fourth-order valence-corrected chi connectivity index (χ4v) is 4.84. The van der Waals surface area contributed by atoms with Crippen molar-refractivity contribution in [2.75, 3.05) is 24.7 Å². The number of para-hydroxylation sites is 1. The van der Waals surface area contributed by atoms with E-state index in [4.69, 9.17) is 32.7 Å². The zero-order valence-corrected chi connectivity index (χ0v) is 18.7. The van der Waals surface area contributed by atoms with Crippen molar-refractivity contribution in [1.82, 2.24) is 4.98 Å². The standard InChI is InChI=1S/C22H22Cl2N2O3S/c23-15-9-10-19(17(24)13-15)29-12-4-8-21(27)26(14-16-5-3-11-28-16)22-25-18-6-1-2-7-20(18)30-22/h1-2,6-7,9-10,13,16H,3-5,8,11-12,14H2. The van der Waals surface area contributed by atoms with Gasteiger partial charge in [0.25, 0.3) is 0 Å². The Morgan fingerprint density at radius 2 is 2.13 bits per heavy atom. The van der Waals surface area contributed by atoms with E-state index < -0.39 is 0 Å². The van der Waals surface area contributed by atoms with Crippen LogP contribution in [0.3, 0.4) is 0 Å². The average Bonchev–Trinajstić information content (AvgIpc) is 3.39. The minimum Gasteiger partial charge on any atom is -0.492 e. The summed E-state index contributed by atoms with van der Waals surface area (Å²) in [5, 5.41) is 1.74. The Kier molecular flexibility index (Phi) is 7.10. The smallest absolute Gasteiger partial charge is 0.228 e. The predicted molar refractivity (Wildman–Crippen MR) is 122 cm³/mol. The van der Waals surface area contributed by atoms with Gasteiger partial charge < -0.3 is 9.47 Å². The van der Waals surface area contributed by atoms with Crippen LogP contribution in [-0.4, -0.2) is 36.8 Å². The lowest BCUT2D eigenvalue weighted by Crippen LogP contribution is -2.37. The summed E-state index contributed by atoms with van der Waals surface area (Å²) in [6.07, 6.45) is 2.98. The van der Waals surface area contributed by atoms with E-state index in [1.165, 1.54) is 11.3 Å². The van der Waals surface area contributed by atoms with E-state index >= 15 is 0 Å². The zero-order chi connectivity index (χ0) is 20.9.